The summed E-state index contributed by atoms with van der Waals surface area (Å²) >= 11 is 0. The van der Waals surface area contributed by atoms with Crippen molar-refractivity contribution in [3.63, 3.8) is 0 Å². The maximum atomic E-state index is 11.6. The molecular weight excluding hydrogens is 344 g/mol. The van der Waals surface area contributed by atoms with Crippen molar-refractivity contribution in [3.05, 3.63) is 23.8 Å². The number of amides is 3. The molecule has 0 aliphatic carbocycles. The molecule has 0 radical (unpaired) electrons. The number of ether oxygens (including phenoxy) is 3. The molecule has 3 amide bonds. The smallest absolute Gasteiger partial charge is 0.344 e. The fourth-order valence-corrected chi connectivity index (χ4v) is 1.70. The van der Waals surface area contributed by atoms with Crippen LogP contribution in [0.4, 0.5) is 4.79 Å². The van der Waals surface area contributed by atoms with Gasteiger partial charge in [0.2, 0.25) is 0 Å². The third-order valence-electron chi connectivity index (χ3n) is 2.96. The summed E-state index contributed by atoms with van der Waals surface area (Å²) in [6.07, 6.45) is 0.649. The molecule has 26 heavy (non-hydrogen) atoms. The molecule has 0 bridgehead atoms. The van der Waals surface area contributed by atoms with Crippen molar-refractivity contribution >= 4 is 24.2 Å². The predicted octanol–water partition coefficient (Wildman–Crippen LogP) is 0.911. The van der Waals surface area contributed by atoms with Crippen molar-refractivity contribution in [2.75, 3.05) is 26.9 Å². The molecule has 1 rings (SSSR count). The number of benzene rings is 1. The first-order valence-electron chi connectivity index (χ1n) is 7.85. The lowest BCUT2D eigenvalue weighted by Crippen LogP contribution is -2.42. The summed E-state index contributed by atoms with van der Waals surface area (Å²) in [5.41, 5.74) is 0.393. The summed E-state index contributed by atoms with van der Waals surface area (Å²) in [6, 6.07) is 3.77. The van der Waals surface area contributed by atoms with E-state index in [1.54, 1.807) is 0 Å². The molecule has 0 aliphatic heterocycles. The highest BCUT2D eigenvalue weighted by atomic mass is 16.6. The van der Waals surface area contributed by atoms with Gasteiger partial charge in [-0.1, -0.05) is 13.8 Å². The third kappa shape index (κ3) is 7.65. The van der Waals surface area contributed by atoms with E-state index < -0.39 is 31.1 Å². The molecule has 0 heterocycles. The first kappa shape index (κ1) is 20.9. The van der Waals surface area contributed by atoms with Crippen LogP contribution in [0.1, 0.15) is 24.2 Å². The number of carbonyl (C=O) groups excluding carboxylic acids is 4. The summed E-state index contributed by atoms with van der Waals surface area (Å²) in [5, 5.41) is 4.53. The highest BCUT2D eigenvalue weighted by molar-refractivity contribution is 5.95. The fourth-order valence-electron chi connectivity index (χ4n) is 1.70. The molecule has 0 atom stereocenters. The van der Waals surface area contributed by atoms with Crippen LogP contribution < -0.4 is 20.1 Å². The highest BCUT2D eigenvalue weighted by Crippen LogP contribution is 2.27. The summed E-state index contributed by atoms with van der Waals surface area (Å²) in [7, 11) is 1.39. The minimum Gasteiger partial charge on any atom is -0.493 e. The molecule has 142 valence electrons. The van der Waals surface area contributed by atoms with E-state index in [-0.39, 0.29) is 17.4 Å². The minimum atomic E-state index is -0.802. The van der Waals surface area contributed by atoms with Crippen molar-refractivity contribution in [1.82, 2.24) is 10.6 Å². The average molecular weight is 366 g/mol. The van der Waals surface area contributed by atoms with E-state index in [1.807, 2.05) is 19.2 Å². The lowest BCUT2D eigenvalue weighted by Gasteiger charge is -2.11. The number of urea groups is 1. The third-order valence-corrected chi connectivity index (χ3v) is 2.96. The molecule has 0 unspecified atom stereocenters. The van der Waals surface area contributed by atoms with Crippen LogP contribution in [0.5, 0.6) is 11.5 Å². The van der Waals surface area contributed by atoms with E-state index in [4.69, 9.17) is 14.2 Å². The van der Waals surface area contributed by atoms with E-state index in [0.717, 1.165) is 0 Å². The Balaban J connectivity index is 2.37. The Morgan fingerprint density at radius 1 is 1.15 bits per heavy atom. The zero-order chi connectivity index (χ0) is 19.5. The molecule has 0 aromatic heterocycles. The number of nitrogens with one attached hydrogen (secondary N) is 2. The second kappa shape index (κ2) is 10.7. The maximum absolute atomic E-state index is 11.6. The number of carbonyl (C=O) groups is 4. The zero-order valence-electron chi connectivity index (χ0n) is 14.9. The Labute approximate surface area is 151 Å². The summed E-state index contributed by atoms with van der Waals surface area (Å²) in [4.78, 5) is 45.2. The molecule has 0 fully saturated rings. The van der Waals surface area contributed by atoms with E-state index >= 15 is 0 Å². The van der Waals surface area contributed by atoms with Gasteiger partial charge < -0.3 is 19.5 Å². The number of hydrogen-bond donors (Lipinski definition) is 2. The van der Waals surface area contributed by atoms with Gasteiger partial charge in [0.05, 0.1) is 7.11 Å². The van der Waals surface area contributed by atoms with Gasteiger partial charge in [-0.05, 0) is 24.1 Å². The molecule has 9 nitrogen and oxygen atoms in total. The summed E-state index contributed by atoms with van der Waals surface area (Å²) < 4.78 is 15.0. The number of imide groups is 1. The lowest BCUT2D eigenvalue weighted by molar-refractivity contribution is -0.150. The van der Waals surface area contributed by atoms with Crippen LogP contribution >= 0.6 is 0 Å². The van der Waals surface area contributed by atoms with Crippen LogP contribution in [0.25, 0.3) is 0 Å². The Kier molecular flexibility index (Phi) is 8.62. The first-order chi connectivity index (χ1) is 12.3. The van der Waals surface area contributed by atoms with Gasteiger partial charge in [0, 0.05) is 12.1 Å². The van der Waals surface area contributed by atoms with Crippen molar-refractivity contribution in [2.45, 2.75) is 13.8 Å². The molecule has 9 heteroatoms. The van der Waals surface area contributed by atoms with Crippen molar-refractivity contribution in [2.24, 2.45) is 5.92 Å². The normalized spacial score (nSPS) is 10.0. The average Bonchev–Trinajstić information content (AvgIpc) is 2.62. The monoisotopic (exact) mass is 366 g/mol. The molecule has 0 saturated heterocycles. The highest BCUT2D eigenvalue weighted by Gasteiger charge is 2.13. The molecule has 1 aromatic rings. The molecular formula is C17H22N2O7. The van der Waals surface area contributed by atoms with Crippen LogP contribution in [0.15, 0.2) is 18.2 Å². The number of esters is 1. The number of hydrogen-bond acceptors (Lipinski definition) is 7. The molecule has 0 spiro atoms. The quantitative estimate of drug-likeness (QED) is 0.492. The maximum Gasteiger partial charge on any atom is 0.344 e. The van der Waals surface area contributed by atoms with Gasteiger partial charge >= 0.3 is 12.0 Å². The first-order valence-corrected chi connectivity index (χ1v) is 7.85. The van der Waals surface area contributed by atoms with Gasteiger partial charge in [0.25, 0.3) is 5.91 Å². The minimum absolute atomic E-state index is 0.239. The summed E-state index contributed by atoms with van der Waals surface area (Å²) in [6.45, 7) is 3.15. The van der Waals surface area contributed by atoms with E-state index in [2.05, 4.69) is 5.32 Å². The molecule has 2 N–H and O–H groups in total. The van der Waals surface area contributed by atoms with Crippen LogP contribution in [0.2, 0.25) is 0 Å². The van der Waals surface area contributed by atoms with E-state index in [1.165, 1.54) is 25.3 Å². The van der Waals surface area contributed by atoms with Gasteiger partial charge in [-0.25, -0.2) is 9.59 Å². The van der Waals surface area contributed by atoms with Gasteiger partial charge in [-0.3, -0.25) is 14.9 Å². The van der Waals surface area contributed by atoms with Crippen LogP contribution in [0.3, 0.4) is 0 Å². The molecule has 0 saturated carbocycles. The van der Waals surface area contributed by atoms with Crippen molar-refractivity contribution in [3.8, 4) is 11.5 Å². The number of methoxy groups -OCH3 is 1. The SMILES string of the molecule is COc1cc(C=O)ccc1OCC(=O)OCC(=O)NC(=O)NCC(C)C. The van der Waals surface area contributed by atoms with Gasteiger partial charge in [0.1, 0.15) is 6.29 Å². The second-order valence-corrected chi connectivity index (χ2v) is 5.63. The molecule has 1 aromatic carbocycles. The second-order valence-electron chi connectivity index (χ2n) is 5.63. The van der Waals surface area contributed by atoms with Crippen molar-refractivity contribution < 1.29 is 33.4 Å². The Bertz CT molecular complexity index is 659. The Morgan fingerprint density at radius 2 is 1.88 bits per heavy atom. The topological polar surface area (TPSA) is 120 Å². The van der Waals surface area contributed by atoms with E-state index in [9.17, 15) is 19.2 Å². The standard InChI is InChI=1S/C17H22N2O7/c1-11(2)7-18-17(23)19-15(21)9-26-16(22)10-25-13-5-4-12(8-20)6-14(13)24-3/h4-6,8,11H,7,9-10H2,1-3H3,(H2,18,19,21,23). The van der Waals surface area contributed by atoms with E-state index in [0.29, 0.717) is 18.4 Å². The zero-order valence-corrected chi connectivity index (χ0v) is 14.9. The van der Waals surface area contributed by atoms with Crippen molar-refractivity contribution in [1.29, 1.82) is 0 Å². The summed E-state index contributed by atoms with van der Waals surface area (Å²) in [5.74, 6) is -0.797. The van der Waals surface area contributed by atoms with Gasteiger partial charge in [-0.2, -0.15) is 0 Å². The predicted molar refractivity (Wildman–Crippen MR) is 91.2 cm³/mol. The molecule has 0 aliphatic rings. The number of aldehydes is 1. The van der Waals surface area contributed by atoms with Gasteiger partial charge in [0.15, 0.2) is 24.7 Å². The lowest BCUT2D eigenvalue weighted by atomic mass is 10.2. The van der Waals surface area contributed by atoms with Crippen LogP contribution in [-0.2, 0) is 14.3 Å². The fraction of sp³-hybridized carbons (Fsp3) is 0.412. The Morgan fingerprint density at radius 3 is 2.50 bits per heavy atom. The Hall–Kier alpha value is -3.10. The largest absolute Gasteiger partial charge is 0.493 e. The van der Waals surface area contributed by atoms with Crippen LogP contribution in [0, 0.1) is 5.92 Å². The number of rotatable bonds is 9. The van der Waals surface area contributed by atoms with Gasteiger partial charge in [-0.15, -0.1) is 0 Å². The van der Waals surface area contributed by atoms with Crippen LogP contribution in [-0.4, -0.2) is 51.1 Å².